The van der Waals surface area contributed by atoms with Crippen LogP contribution in [0.2, 0.25) is 0 Å². The minimum absolute atomic E-state index is 0.440. The van der Waals surface area contributed by atoms with Crippen LogP contribution in [0.15, 0.2) is 0 Å². The summed E-state index contributed by atoms with van der Waals surface area (Å²) in [5, 5.41) is 14.7. The number of aliphatic hydroxyl groups is 1. The van der Waals surface area contributed by atoms with Gasteiger partial charge in [-0.15, -0.1) is 0 Å². The van der Waals surface area contributed by atoms with Gasteiger partial charge in [-0.1, -0.05) is 0 Å². The number of methoxy groups -OCH3 is 1. The van der Waals surface area contributed by atoms with Gasteiger partial charge in [-0.25, -0.2) is 0 Å². The smallest absolute Gasteiger partial charge is 0.0862 e. The molecule has 20 heavy (non-hydrogen) atoms. The number of nitrogen functional groups attached to an aromatic ring is 1. The van der Waals surface area contributed by atoms with Gasteiger partial charge in [-0.05, 0) is 26.7 Å². The van der Waals surface area contributed by atoms with Crippen molar-refractivity contribution in [1.82, 2.24) is 14.7 Å². The second-order valence-corrected chi connectivity index (χ2v) is 5.64. The molecule has 1 aliphatic rings. The van der Waals surface area contributed by atoms with Gasteiger partial charge in [0.2, 0.25) is 0 Å². The first-order valence-electron chi connectivity index (χ1n) is 7.23. The van der Waals surface area contributed by atoms with Gasteiger partial charge < -0.3 is 15.6 Å². The van der Waals surface area contributed by atoms with Gasteiger partial charge in [-0.2, -0.15) is 5.10 Å². The van der Waals surface area contributed by atoms with Crippen molar-refractivity contribution in [2.45, 2.75) is 45.4 Å². The van der Waals surface area contributed by atoms with E-state index in [2.05, 4.69) is 10.00 Å². The first-order valence-corrected chi connectivity index (χ1v) is 7.23. The number of aromatic nitrogens is 2. The first kappa shape index (κ1) is 15.3. The number of hydrogen-bond acceptors (Lipinski definition) is 5. The summed E-state index contributed by atoms with van der Waals surface area (Å²) in [6, 6.07) is 0.616. The number of aryl methyl sites for hydroxylation is 1. The van der Waals surface area contributed by atoms with Crippen LogP contribution in [0.3, 0.4) is 0 Å². The quantitative estimate of drug-likeness (QED) is 0.728. The molecule has 0 bridgehead atoms. The first-order chi connectivity index (χ1) is 9.52. The number of nitrogens with zero attached hydrogens (tertiary/aromatic N) is 3. The highest BCUT2D eigenvalue weighted by Crippen LogP contribution is 2.26. The summed E-state index contributed by atoms with van der Waals surface area (Å²) in [6.45, 7) is 6.55. The molecule has 114 valence electrons. The van der Waals surface area contributed by atoms with Gasteiger partial charge in [0, 0.05) is 26.2 Å². The van der Waals surface area contributed by atoms with Crippen LogP contribution in [-0.2, 0) is 11.3 Å². The number of hydrogen-bond donors (Lipinski definition) is 2. The minimum atomic E-state index is -0.440. The molecular weight excluding hydrogens is 256 g/mol. The molecule has 1 unspecified atom stereocenters. The third-order valence-corrected chi connectivity index (χ3v) is 3.91. The number of aliphatic hydroxyl groups excluding tert-OH is 1. The number of anilines is 1. The van der Waals surface area contributed by atoms with E-state index in [-0.39, 0.29) is 0 Å². The molecule has 1 atom stereocenters. The molecule has 6 heteroatoms. The van der Waals surface area contributed by atoms with E-state index in [1.807, 2.05) is 13.8 Å². The molecule has 0 radical (unpaired) electrons. The fraction of sp³-hybridized carbons (Fsp3) is 0.786. The summed E-state index contributed by atoms with van der Waals surface area (Å²) < 4.78 is 6.93. The summed E-state index contributed by atoms with van der Waals surface area (Å²) in [7, 11) is 1.71. The highest BCUT2D eigenvalue weighted by molar-refractivity contribution is 5.46. The number of rotatable bonds is 8. The SMILES string of the molecule is COCCN(CC(O)Cn1nc(C)c(N)c1C)C1CC1. The molecule has 1 fully saturated rings. The summed E-state index contributed by atoms with van der Waals surface area (Å²) in [5.74, 6) is 0. The summed E-state index contributed by atoms with van der Waals surface area (Å²) in [5.41, 5.74) is 8.38. The maximum atomic E-state index is 10.3. The van der Waals surface area contributed by atoms with Crippen molar-refractivity contribution in [3.05, 3.63) is 11.4 Å². The number of ether oxygens (including phenoxy) is 1. The van der Waals surface area contributed by atoms with Crippen molar-refractivity contribution >= 4 is 5.69 Å². The molecule has 0 saturated heterocycles. The largest absolute Gasteiger partial charge is 0.396 e. The Morgan fingerprint density at radius 1 is 1.50 bits per heavy atom. The zero-order chi connectivity index (χ0) is 14.7. The predicted molar refractivity (Wildman–Crippen MR) is 78.6 cm³/mol. The van der Waals surface area contributed by atoms with E-state index >= 15 is 0 Å². The Bertz CT molecular complexity index is 443. The van der Waals surface area contributed by atoms with Crippen LogP contribution in [0, 0.1) is 13.8 Å². The Balaban J connectivity index is 1.89. The molecule has 0 aliphatic heterocycles. The monoisotopic (exact) mass is 282 g/mol. The van der Waals surface area contributed by atoms with Gasteiger partial charge in [0.25, 0.3) is 0 Å². The van der Waals surface area contributed by atoms with Gasteiger partial charge in [0.05, 0.1) is 36.3 Å². The predicted octanol–water partition coefficient (Wildman–Crippen LogP) is 0.554. The summed E-state index contributed by atoms with van der Waals surface area (Å²) in [4.78, 5) is 2.31. The molecule has 0 amide bonds. The third-order valence-electron chi connectivity index (χ3n) is 3.91. The molecule has 1 aliphatic carbocycles. The van der Waals surface area contributed by atoms with Crippen LogP contribution in [0.4, 0.5) is 5.69 Å². The van der Waals surface area contributed by atoms with Crippen LogP contribution in [0.25, 0.3) is 0 Å². The number of nitrogens with two attached hydrogens (primary N) is 1. The molecule has 0 aromatic carbocycles. The van der Waals surface area contributed by atoms with Crippen molar-refractivity contribution < 1.29 is 9.84 Å². The van der Waals surface area contributed by atoms with Crippen LogP contribution in [0.5, 0.6) is 0 Å². The molecule has 6 nitrogen and oxygen atoms in total. The summed E-state index contributed by atoms with van der Waals surface area (Å²) >= 11 is 0. The highest BCUT2D eigenvalue weighted by Gasteiger charge is 2.30. The summed E-state index contributed by atoms with van der Waals surface area (Å²) in [6.07, 6.45) is 2.01. The highest BCUT2D eigenvalue weighted by atomic mass is 16.5. The average molecular weight is 282 g/mol. The fourth-order valence-corrected chi connectivity index (χ4v) is 2.49. The van der Waals surface area contributed by atoms with Gasteiger partial charge in [-0.3, -0.25) is 9.58 Å². The van der Waals surface area contributed by atoms with E-state index in [1.165, 1.54) is 12.8 Å². The van der Waals surface area contributed by atoms with E-state index in [0.717, 1.165) is 23.6 Å². The maximum absolute atomic E-state index is 10.3. The lowest BCUT2D eigenvalue weighted by atomic mass is 10.3. The van der Waals surface area contributed by atoms with Gasteiger partial charge >= 0.3 is 0 Å². The Labute approximate surface area is 120 Å². The second-order valence-electron chi connectivity index (χ2n) is 5.64. The normalized spacial score (nSPS) is 16.9. The lowest BCUT2D eigenvalue weighted by molar-refractivity contribution is 0.0726. The van der Waals surface area contributed by atoms with E-state index in [9.17, 15) is 5.11 Å². The molecule has 1 aromatic heterocycles. The van der Waals surface area contributed by atoms with E-state index < -0.39 is 6.10 Å². The van der Waals surface area contributed by atoms with Gasteiger partial charge in [0.1, 0.15) is 0 Å². The average Bonchev–Trinajstić information content (AvgIpc) is 3.21. The van der Waals surface area contributed by atoms with E-state index in [1.54, 1.807) is 11.8 Å². The Morgan fingerprint density at radius 2 is 2.20 bits per heavy atom. The van der Waals surface area contributed by atoms with Crippen LogP contribution in [0.1, 0.15) is 24.2 Å². The van der Waals surface area contributed by atoms with Crippen LogP contribution < -0.4 is 5.73 Å². The van der Waals surface area contributed by atoms with E-state index in [0.29, 0.717) is 25.7 Å². The lowest BCUT2D eigenvalue weighted by Crippen LogP contribution is -2.38. The van der Waals surface area contributed by atoms with Crippen LogP contribution >= 0.6 is 0 Å². The van der Waals surface area contributed by atoms with Crippen molar-refractivity contribution in [2.75, 3.05) is 32.5 Å². The molecule has 0 spiro atoms. The second kappa shape index (κ2) is 6.56. The lowest BCUT2D eigenvalue weighted by Gasteiger charge is -2.24. The molecule has 1 aromatic rings. The topological polar surface area (TPSA) is 76.5 Å². The van der Waals surface area contributed by atoms with Crippen molar-refractivity contribution in [3.63, 3.8) is 0 Å². The van der Waals surface area contributed by atoms with Crippen molar-refractivity contribution in [1.29, 1.82) is 0 Å². The van der Waals surface area contributed by atoms with Crippen molar-refractivity contribution in [3.8, 4) is 0 Å². The van der Waals surface area contributed by atoms with Crippen LogP contribution in [-0.4, -0.2) is 58.7 Å². The molecular formula is C14H26N4O2. The third kappa shape index (κ3) is 3.71. The molecule has 3 N–H and O–H groups in total. The Kier molecular flexibility index (Phi) is 5.01. The minimum Gasteiger partial charge on any atom is -0.396 e. The molecule has 1 heterocycles. The maximum Gasteiger partial charge on any atom is 0.0862 e. The van der Waals surface area contributed by atoms with E-state index in [4.69, 9.17) is 10.5 Å². The standard InChI is InChI=1S/C14H26N4O2/c1-10-14(15)11(2)18(16-10)9-13(19)8-17(6-7-20-3)12-4-5-12/h12-13,19H,4-9,15H2,1-3H3. The molecule has 2 rings (SSSR count). The fourth-order valence-electron chi connectivity index (χ4n) is 2.49. The zero-order valence-corrected chi connectivity index (χ0v) is 12.7. The van der Waals surface area contributed by atoms with Gasteiger partial charge in [0.15, 0.2) is 0 Å². The van der Waals surface area contributed by atoms with Crippen molar-refractivity contribution in [2.24, 2.45) is 0 Å². The Hall–Kier alpha value is -1.11. The molecule has 1 saturated carbocycles. The zero-order valence-electron chi connectivity index (χ0n) is 12.7. The Morgan fingerprint density at radius 3 is 2.70 bits per heavy atom.